The summed E-state index contributed by atoms with van der Waals surface area (Å²) in [5, 5.41) is 0. The molecule has 0 fully saturated rings. The second-order valence-corrected chi connectivity index (χ2v) is 9.04. The highest BCUT2D eigenvalue weighted by Crippen LogP contribution is 2.43. The molecule has 3 heterocycles. The molecule has 0 N–H and O–H groups in total. The first-order valence-electron chi connectivity index (χ1n) is 11.2. The highest BCUT2D eigenvalue weighted by atomic mass is 16.6. The van der Waals surface area contributed by atoms with Gasteiger partial charge in [0.05, 0.1) is 17.0 Å². The van der Waals surface area contributed by atoms with Crippen LogP contribution in [-0.4, -0.2) is 28.9 Å². The summed E-state index contributed by atoms with van der Waals surface area (Å²) >= 11 is 0. The second kappa shape index (κ2) is 8.32. The van der Waals surface area contributed by atoms with Gasteiger partial charge in [-0.2, -0.15) is 0 Å². The third kappa shape index (κ3) is 4.07. The first-order valence-corrected chi connectivity index (χ1v) is 11.2. The van der Waals surface area contributed by atoms with E-state index in [1.165, 1.54) is 5.56 Å². The standard InChI is InChI=1S/C28H26N2O3/c1-18-16-21(30-24-7-5-4-6-23(18)24)17-32-22-10-8-19(9-11-22)25-26(20-12-14-29-15-13-20)28(2,3)33-27(25)31/h4-15,18H,16-17H2,1-3H3. The number of esters is 1. The molecule has 0 spiro atoms. The van der Waals surface area contributed by atoms with E-state index in [4.69, 9.17) is 14.5 Å². The number of cyclic esters (lactones) is 1. The SMILES string of the molecule is CC1CC(COc2ccc(C3=C(c4ccncc4)C(C)(C)OC3=O)cc2)=Nc2ccccc21. The number of nitrogens with zero attached hydrogens (tertiary/aromatic N) is 2. The number of carbonyl (C=O) groups excluding carboxylic acids is 1. The Kier molecular flexibility index (Phi) is 5.33. The van der Waals surface area contributed by atoms with E-state index in [0.29, 0.717) is 18.1 Å². The Morgan fingerprint density at radius 1 is 1.00 bits per heavy atom. The Morgan fingerprint density at radius 3 is 2.48 bits per heavy atom. The van der Waals surface area contributed by atoms with Crippen LogP contribution in [0.15, 0.2) is 78.0 Å². The third-order valence-electron chi connectivity index (χ3n) is 6.21. The predicted molar refractivity (Wildman–Crippen MR) is 130 cm³/mol. The van der Waals surface area contributed by atoms with Crippen molar-refractivity contribution in [3.8, 4) is 5.75 Å². The quantitative estimate of drug-likeness (QED) is 0.459. The summed E-state index contributed by atoms with van der Waals surface area (Å²) < 4.78 is 11.7. The lowest BCUT2D eigenvalue weighted by Gasteiger charge is -2.22. The van der Waals surface area contributed by atoms with Crippen LogP contribution in [-0.2, 0) is 9.53 Å². The summed E-state index contributed by atoms with van der Waals surface area (Å²) in [6.07, 6.45) is 4.34. The highest BCUT2D eigenvalue weighted by Gasteiger charge is 2.41. The van der Waals surface area contributed by atoms with Crippen molar-refractivity contribution in [2.45, 2.75) is 38.7 Å². The molecule has 0 saturated heterocycles. The van der Waals surface area contributed by atoms with E-state index in [1.54, 1.807) is 12.4 Å². The molecule has 5 heteroatoms. The van der Waals surface area contributed by atoms with Crippen LogP contribution >= 0.6 is 0 Å². The lowest BCUT2D eigenvalue weighted by molar-refractivity contribution is -0.141. The van der Waals surface area contributed by atoms with Crippen LogP contribution in [0.2, 0.25) is 0 Å². The monoisotopic (exact) mass is 438 g/mol. The summed E-state index contributed by atoms with van der Waals surface area (Å²) in [5.74, 6) is 0.851. The number of hydrogen-bond donors (Lipinski definition) is 0. The summed E-state index contributed by atoms with van der Waals surface area (Å²) in [6.45, 7) is 6.49. The normalized spacial score (nSPS) is 19.1. The zero-order chi connectivity index (χ0) is 23.0. The van der Waals surface area contributed by atoms with Gasteiger partial charge >= 0.3 is 5.97 Å². The van der Waals surface area contributed by atoms with Crippen molar-refractivity contribution in [1.82, 2.24) is 4.98 Å². The molecule has 33 heavy (non-hydrogen) atoms. The first kappa shape index (κ1) is 21.1. The number of aromatic nitrogens is 1. The maximum atomic E-state index is 12.8. The van der Waals surface area contributed by atoms with Crippen LogP contribution in [0.3, 0.4) is 0 Å². The molecule has 0 bridgehead atoms. The molecule has 5 rings (SSSR count). The van der Waals surface area contributed by atoms with Gasteiger partial charge in [0, 0.05) is 18.0 Å². The Bertz CT molecular complexity index is 1260. The molecule has 166 valence electrons. The number of ether oxygens (including phenoxy) is 2. The molecule has 0 amide bonds. The molecule has 2 aliphatic rings. The number of benzene rings is 2. The average molecular weight is 439 g/mol. The van der Waals surface area contributed by atoms with Gasteiger partial charge in [0.15, 0.2) is 0 Å². The Labute approximate surface area is 193 Å². The van der Waals surface area contributed by atoms with Crippen LogP contribution in [0.25, 0.3) is 11.1 Å². The van der Waals surface area contributed by atoms with Crippen molar-refractivity contribution in [1.29, 1.82) is 0 Å². The zero-order valence-corrected chi connectivity index (χ0v) is 19.0. The molecular weight excluding hydrogens is 412 g/mol. The van der Waals surface area contributed by atoms with E-state index in [-0.39, 0.29) is 5.97 Å². The number of para-hydroxylation sites is 1. The summed E-state index contributed by atoms with van der Waals surface area (Å²) in [7, 11) is 0. The van der Waals surface area contributed by atoms with Gasteiger partial charge in [-0.15, -0.1) is 0 Å². The van der Waals surface area contributed by atoms with Crippen molar-refractivity contribution in [2.24, 2.45) is 4.99 Å². The molecule has 1 atom stereocenters. The predicted octanol–water partition coefficient (Wildman–Crippen LogP) is 5.99. The second-order valence-electron chi connectivity index (χ2n) is 9.04. The maximum Gasteiger partial charge on any atom is 0.340 e. The zero-order valence-electron chi connectivity index (χ0n) is 19.0. The minimum absolute atomic E-state index is 0.315. The number of carbonyl (C=O) groups is 1. The fourth-order valence-corrected chi connectivity index (χ4v) is 4.67. The van der Waals surface area contributed by atoms with Gasteiger partial charge in [0.25, 0.3) is 0 Å². The van der Waals surface area contributed by atoms with Gasteiger partial charge in [0.2, 0.25) is 0 Å². The fourth-order valence-electron chi connectivity index (χ4n) is 4.67. The molecule has 0 saturated carbocycles. The molecule has 2 aromatic carbocycles. The van der Waals surface area contributed by atoms with Crippen molar-refractivity contribution in [2.75, 3.05) is 6.61 Å². The van der Waals surface area contributed by atoms with E-state index in [0.717, 1.165) is 40.3 Å². The van der Waals surface area contributed by atoms with Crippen molar-refractivity contribution >= 4 is 28.5 Å². The van der Waals surface area contributed by atoms with Crippen molar-refractivity contribution < 1.29 is 14.3 Å². The van der Waals surface area contributed by atoms with Crippen LogP contribution < -0.4 is 4.74 Å². The number of hydrogen-bond acceptors (Lipinski definition) is 5. The van der Waals surface area contributed by atoms with Crippen molar-refractivity contribution in [3.63, 3.8) is 0 Å². The summed E-state index contributed by atoms with van der Waals surface area (Å²) in [6, 6.07) is 19.7. The van der Waals surface area contributed by atoms with Crippen molar-refractivity contribution in [3.05, 3.63) is 89.7 Å². The minimum atomic E-state index is -0.713. The maximum absolute atomic E-state index is 12.8. The van der Waals surface area contributed by atoms with Gasteiger partial charge in [-0.05, 0) is 73.2 Å². The van der Waals surface area contributed by atoms with E-state index < -0.39 is 5.60 Å². The lowest BCUT2D eigenvalue weighted by atomic mass is 9.87. The molecular formula is C28H26N2O3. The first-order chi connectivity index (χ1) is 15.9. The Morgan fingerprint density at radius 2 is 1.73 bits per heavy atom. The van der Waals surface area contributed by atoms with E-state index in [1.807, 2.05) is 56.3 Å². The third-order valence-corrected chi connectivity index (χ3v) is 6.21. The van der Waals surface area contributed by atoms with Gasteiger partial charge < -0.3 is 9.47 Å². The van der Waals surface area contributed by atoms with Gasteiger partial charge in [0.1, 0.15) is 18.0 Å². The van der Waals surface area contributed by atoms with Gasteiger partial charge in [-0.3, -0.25) is 9.98 Å². The highest BCUT2D eigenvalue weighted by molar-refractivity contribution is 6.28. The Hall–Kier alpha value is -3.73. The smallest absolute Gasteiger partial charge is 0.340 e. The van der Waals surface area contributed by atoms with Crippen LogP contribution in [0.1, 0.15) is 49.8 Å². The molecule has 3 aromatic rings. The van der Waals surface area contributed by atoms with Crippen LogP contribution in [0.4, 0.5) is 5.69 Å². The number of aliphatic imine (C=N–C) groups is 1. The molecule has 1 unspecified atom stereocenters. The summed E-state index contributed by atoms with van der Waals surface area (Å²) in [5.41, 5.74) is 5.83. The van der Waals surface area contributed by atoms with E-state index >= 15 is 0 Å². The lowest BCUT2D eigenvalue weighted by Crippen LogP contribution is -2.22. The summed E-state index contributed by atoms with van der Waals surface area (Å²) in [4.78, 5) is 21.7. The van der Waals surface area contributed by atoms with Gasteiger partial charge in [-0.1, -0.05) is 37.3 Å². The number of fused-ring (bicyclic) bond motifs is 1. The van der Waals surface area contributed by atoms with Crippen LogP contribution in [0, 0.1) is 0 Å². The fraction of sp³-hybridized carbons (Fsp3) is 0.250. The average Bonchev–Trinajstić information content (AvgIpc) is 3.06. The molecule has 1 aromatic heterocycles. The molecule has 0 radical (unpaired) electrons. The Balaban J connectivity index is 1.38. The molecule has 5 nitrogen and oxygen atoms in total. The minimum Gasteiger partial charge on any atom is -0.488 e. The van der Waals surface area contributed by atoms with Crippen LogP contribution in [0.5, 0.6) is 5.75 Å². The molecule has 0 aliphatic carbocycles. The van der Waals surface area contributed by atoms with E-state index in [9.17, 15) is 4.79 Å². The number of pyridine rings is 1. The van der Waals surface area contributed by atoms with Gasteiger partial charge in [-0.25, -0.2) is 4.79 Å². The molecule has 2 aliphatic heterocycles. The number of rotatable bonds is 5. The van der Waals surface area contributed by atoms with E-state index in [2.05, 4.69) is 30.1 Å². The largest absolute Gasteiger partial charge is 0.488 e. The topological polar surface area (TPSA) is 60.8 Å².